The molecule has 7 heteroatoms. The molecule has 0 amide bonds. The van der Waals surface area contributed by atoms with Crippen LogP contribution in [0.2, 0.25) is 0 Å². The van der Waals surface area contributed by atoms with Gasteiger partial charge in [-0.3, -0.25) is 4.79 Å². The Morgan fingerprint density at radius 2 is 2.33 bits per heavy atom. The van der Waals surface area contributed by atoms with Crippen LogP contribution in [0.5, 0.6) is 0 Å². The lowest BCUT2D eigenvalue weighted by molar-refractivity contribution is -0.142. The van der Waals surface area contributed by atoms with Crippen molar-refractivity contribution in [3.05, 3.63) is 5.01 Å². The van der Waals surface area contributed by atoms with Gasteiger partial charge in [-0.15, -0.1) is 10.2 Å². The van der Waals surface area contributed by atoms with Gasteiger partial charge in [-0.05, 0) is 20.3 Å². The van der Waals surface area contributed by atoms with Crippen LogP contribution in [-0.2, 0) is 4.79 Å². The fraction of sp³-hybridized carbons (Fsp3) is 0.625. The predicted molar refractivity (Wildman–Crippen MR) is 60.2 cm³/mol. The first-order chi connectivity index (χ1) is 6.92. The van der Waals surface area contributed by atoms with E-state index in [2.05, 4.69) is 10.2 Å². The maximum absolute atomic E-state index is 10.7. The lowest BCUT2D eigenvalue weighted by Gasteiger charge is -2.17. The largest absolute Gasteiger partial charge is 0.480 e. The molecule has 15 heavy (non-hydrogen) atoms. The Hall–Kier alpha value is -0.660. The number of carboxylic acids is 1. The number of nitrogens with zero attached hydrogens (tertiary/aromatic N) is 2. The molecule has 0 saturated heterocycles. The van der Waals surface area contributed by atoms with E-state index in [9.17, 15) is 4.79 Å². The SMILES string of the molecule is Cc1nnc(SCCC(C)(N)C(=O)O)s1. The van der Waals surface area contributed by atoms with Crippen molar-refractivity contribution in [3.63, 3.8) is 0 Å². The molecular formula is C8H13N3O2S2. The van der Waals surface area contributed by atoms with Crippen LogP contribution in [0.25, 0.3) is 0 Å². The molecule has 1 aromatic heterocycles. The zero-order chi connectivity index (χ0) is 11.5. The highest BCUT2D eigenvalue weighted by molar-refractivity contribution is 8.01. The van der Waals surface area contributed by atoms with Crippen molar-refractivity contribution in [2.75, 3.05) is 5.75 Å². The molecule has 1 atom stereocenters. The average molecular weight is 247 g/mol. The number of carbonyl (C=O) groups is 1. The fourth-order valence-corrected chi connectivity index (χ4v) is 2.86. The van der Waals surface area contributed by atoms with Crippen LogP contribution in [0, 0.1) is 6.92 Å². The van der Waals surface area contributed by atoms with Crippen LogP contribution in [-0.4, -0.2) is 32.6 Å². The Morgan fingerprint density at radius 3 is 2.80 bits per heavy atom. The third kappa shape index (κ3) is 3.77. The summed E-state index contributed by atoms with van der Waals surface area (Å²) in [5.74, 6) is -0.343. The molecule has 0 fully saturated rings. The molecule has 0 radical (unpaired) electrons. The highest BCUT2D eigenvalue weighted by Crippen LogP contribution is 2.24. The quantitative estimate of drug-likeness (QED) is 0.758. The number of aliphatic carboxylic acids is 1. The van der Waals surface area contributed by atoms with E-state index in [1.165, 1.54) is 30.0 Å². The standard InChI is InChI=1S/C8H13N3O2S2/c1-5-10-11-7(15-5)14-4-3-8(2,9)6(12)13/h3-4,9H2,1-2H3,(H,12,13). The van der Waals surface area contributed by atoms with E-state index >= 15 is 0 Å². The molecule has 0 saturated carbocycles. The highest BCUT2D eigenvalue weighted by Gasteiger charge is 2.27. The van der Waals surface area contributed by atoms with Crippen molar-refractivity contribution < 1.29 is 9.90 Å². The summed E-state index contributed by atoms with van der Waals surface area (Å²) in [6.45, 7) is 3.40. The smallest absolute Gasteiger partial charge is 0.323 e. The molecule has 5 nitrogen and oxygen atoms in total. The first kappa shape index (κ1) is 12.4. The van der Waals surface area contributed by atoms with Gasteiger partial charge in [0.25, 0.3) is 0 Å². The monoisotopic (exact) mass is 247 g/mol. The molecule has 0 aliphatic rings. The summed E-state index contributed by atoms with van der Waals surface area (Å²) in [6, 6.07) is 0. The molecule has 0 spiro atoms. The molecule has 1 heterocycles. The van der Waals surface area contributed by atoms with Crippen molar-refractivity contribution in [1.82, 2.24) is 10.2 Å². The van der Waals surface area contributed by atoms with Gasteiger partial charge in [-0.2, -0.15) is 0 Å². The Bertz CT molecular complexity index is 351. The van der Waals surface area contributed by atoms with Crippen molar-refractivity contribution >= 4 is 29.1 Å². The Balaban J connectivity index is 2.36. The van der Waals surface area contributed by atoms with Crippen LogP contribution in [0.15, 0.2) is 4.34 Å². The molecule has 0 bridgehead atoms. The first-order valence-electron chi connectivity index (χ1n) is 4.37. The van der Waals surface area contributed by atoms with Gasteiger partial charge in [0.15, 0.2) is 4.34 Å². The van der Waals surface area contributed by atoms with Crippen LogP contribution in [0.4, 0.5) is 0 Å². The normalized spacial score (nSPS) is 14.9. The third-order valence-corrected chi connectivity index (χ3v) is 3.82. The molecule has 0 aromatic carbocycles. The van der Waals surface area contributed by atoms with Crippen LogP contribution >= 0.6 is 23.1 Å². The van der Waals surface area contributed by atoms with Gasteiger partial charge in [-0.1, -0.05) is 23.1 Å². The van der Waals surface area contributed by atoms with E-state index in [0.29, 0.717) is 12.2 Å². The fourth-order valence-electron chi connectivity index (χ4n) is 0.794. The van der Waals surface area contributed by atoms with E-state index in [4.69, 9.17) is 10.8 Å². The van der Waals surface area contributed by atoms with Gasteiger partial charge in [0, 0.05) is 5.75 Å². The van der Waals surface area contributed by atoms with Gasteiger partial charge >= 0.3 is 5.97 Å². The molecule has 0 aliphatic heterocycles. The molecule has 1 aromatic rings. The van der Waals surface area contributed by atoms with Gasteiger partial charge in [0.1, 0.15) is 10.5 Å². The molecule has 84 valence electrons. The summed E-state index contributed by atoms with van der Waals surface area (Å²) < 4.78 is 0.855. The van der Waals surface area contributed by atoms with Crippen LogP contribution in [0.1, 0.15) is 18.4 Å². The number of rotatable bonds is 5. The highest BCUT2D eigenvalue weighted by atomic mass is 32.2. The number of thioether (sulfide) groups is 1. The summed E-state index contributed by atoms with van der Waals surface area (Å²) >= 11 is 2.99. The van der Waals surface area contributed by atoms with Gasteiger partial charge in [-0.25, -0.2) is 0 Å². The lowest BCUT2D eigenvalue weighted by atomic mass is 10.0. The van der Waals surface area contributed by atoms with E-state index < -0.39 is 11.5 Å². The van der Waals surface area contributed by atoms with Crippen molar-refractivity contribution in [3.8, 4) is 0 Å². The van der Waals surface area contributed by atoms with E-state index in [0.717, 1.165) is 9.35 Å². The van der Waals surface area contributed by atoms with E-state index in [-0.39, 0.29) is 0 Å². The summed E-state index contributed by atoms with van der Waals surface area (Å²) in [4.78, 5) is 10.7. The minimum absolute atomic E-state index is 0.408. The minimum Gasteiger partial charge on any atom is -0.480 e. The number of hydrogen-bond donors (Lipinski definition) is 2. The number of aromatic nitrogens is 2. The lowest BCUT2D eigenvalue weighted by Crippen LogP contribution is -2.45. The van der Waals surface area contributed by atoms with E-state index in [1.54, 1.807) is 0 Å². The Labute approximate surface area is 96.1 Å². The number of carboxylic acid groups (broad SMARTS) is 1. The summed E-state index contributed by atoms with van der Waals surface area (Å²) in [5, 5.41) is 17.5. The number of aryl methyl sites for hydroxylation is 1. The summed E-state index contributed by atoms with van der Waals surface area (Å²) in [7, 11) is 0. The summed E-state index contributed by atoms with van der Waals surface area (Å²) in [5.41, 5.74) is 4.42. The second-order valence-corrected chi connectivity index (χ2v) is 5.93. The van der Waals surface area contributed by atoms with Gasteiger partial charge < -0.3 is 10.8 Å². The average Bonchev–Trinajstić information content (AvgIpc) is 2.51. The van der Waals surface area contributed by atoms with Crippen LogP contribution in [0.3, 0.4) is 0 Å². The zero-order valence-corrected chi connectivity index (χ0v) is 10.2. The van der Waals surface area contributed by atoms with Crippen LogP contribution < -0.4 is 5.73 Å². The topological polar surface area (TPSA) is 89.1 Å². The molecular weight excluding hydrogens is 234 g/mol. The number of hydrogen-bond acceptors (Lipinski definition) is 6. The van der Waals surface area contributed by atoms with Crippen molar-refractivity contribution in [2.24, 2.45) is 5.73 Å². The molecule has 1 unspecified atom stereocenters. The second-order valence-electron chi connectivity index (χ2n) is 3.41. The maximum atomic E-state index is 10.7. The maximum Gasteiger partial charge on any atom is 0.323 e. The van der Waals surface area contributed by atoms with Crippen molar-refractivity contribution in [1.29, 1.82) is 0 Å². The van der Waals surface area contributed by atoms with E-state index in [1.807, 2.05) is 6.92 Å². The first-order valence-corrected chi connectivity index (χ1v) is 6.17. The zero-order valence-electron chi connectivity index (χ0n) is 8.56. The third-order valence-electron chi connectivity index (χ3n) is 1.84. The number of nitrogens with two attached hydrogens (primary N) is 1. The molecule has 3 N–H and O–H groups in total. The van der Waals surface area contributed by atoms with Gasteiger partial charge in [0.2, 0.25) is 0 Å². The second kappa shape index (κ2) is 4.91. The molecule has 1 rings (SSSR count). The van der Waals surface area contributed by atoms with Crippen molar-refractivity contribution in [2.45, 2.75) is 30.1 Å². The molecule has 0 aliphatic carbocycles. The van der Waals surface area contributed by atoms with Gasteiger partial charge in [0.05, 0.1) is 0 Å². The Kier molecular flexibility index (Phi) is 4.06. The predicted octanol–water partition coefficient (Wildman–Crippen LogP) is 1.13. The Morgan fingerprint density at radius 1 is 1.67 bits per heavy atom. The summed E-state index contributed by atoms with van der Waals surface area (Å²) in [6.07, 6.45) is 0.408. The minimum atomic E-state index is -1.16.